The zero-order valence-corrected chi connectivity index (χ0v) is 11.9. The van der Waals surface area contributed by atoms with E-state index in [9.17, 15) is 0 Å². The van der Waals surface area contributed by atoms with E-state index in [2.05, 4.69) is 47.7 Å². The van der Waals surface area contributed by atoms with Gasteiger partial charge in [-0.2, -0.15) is 0 Å². The first-order valence-corrected chi connectivity index (χ1v) is 7.22. The van der Waals surface area contributed by atoms with E-state index in [-0.39, 0.29) is 0 Å². The average Bonchev–Trinajstić information content (AvgIpc) is 2.81. The monoisotopic (exact) mass is 254 g/mol. The highest BCUT2D eigenvalue weighted by molar-refractivity contribution is 7.13. The SMILES string of the molecule is CC[n+]1sc(-c2cc(C)[n+](CC)s2)cc1C. The van der Waals surface area contributed by atoms with Crippen molar-refractivity contribution in [2.75, 3.05) is 0 Å². The van der Waals surface area contributed by atoms with E-state index in [0.29, 0.717) is 0 Å². The van der Waals surface area contributed by atoms with Crippen LogP contribution in [0.15, 0.2) is 12.1 Å². The van der Waals surface area contributed by atoms with E-state index < -0.39 is 0 Å². The fourth-order valence-corrected chi connectivity index (χ4v) is 3.91. The average molecular weight is 254 g/mol. The van der Waals surface area contributed by atoms with Crippen molar-refractivity contribution in [3.05, 3.63) is 23.5 Å². The molecule has 0 unspecified atom stereocenters. The normalized spacial score (nSPS) is 11.0. The molecule has 0 aromatic carbocycles. The lowest BCUT2D eigenvalue weighted by molar-refractivity contribution is -0.631. The Balaban J connectivity index is 2.42. The quantitative estimate of drug-likeness (QED) is 0.744. The van der Waals surface area contributed by atoms with Crippen LogP contribution in [0.1, 0.15) is 25.2 Å². The molecular weight excluding hydrogens is 236 g/mol. The summed E-state index contributed by atoms with van der Waals surface area (Å²) in [4.78, 5) is 2.78. The highest BCUT2D eigenvalue weighted by Crippen LogP contribution is 2.27. The molecule has 0 spiro atoms. The van der Waals surface area contributed by atoms with Gasteiger partial charge in [0.25, 0.3) is 0 Å². The molecule has 0 aliphatic carbocycles. The van der Waals surface area contributed by atoms with E-state index >= 15 is 0 Å². The molecule has 0 N–H and O–H groups in total. The maximum atomic E-state index is 2.33. The molecule has 0 bridgehead atoms. The van der Waals surface area contributed by atoms with E-state index in [1.54, 1.807) is 0 Å². The molecule has 0 saturated carbocycles. The molecule has 0 amide bonds. The molecule has 2 heterocycles. The van der Waals surface area contributed by atoms with Crippen LogP contribution in [0.5, 0.6) is 0 Å². The molecule has 0 saturated heterocycles. The topological polar surface area (TPSA) is 7.76 Å². The van der Waals surface area contributed by atoms with Crippen LogP contribution >= 0.6 is 23.1 Å². The third kappa shape index (κ3) is 2.04. The predicted molar refractivity (Wildman–Crippen MR) is 68.8 cm³/mol. The molecule has 0 atom stereocenters. The Bertz CT molecular complexity index is 451. The Kier molecular flexibility index (Phi) is 3.40. The zero-order chi connectivity index (χ0) is 11.7. The van der Waals surface area contributed by atoms with Gasteiger partial charge >= 0.3 is 0 Å². The number of aromatic nitrogens is 2. The van der Waals surface area contributed by atoms with Crippen LogP contribution in [0.2, 0.25) is 0 Å². The molecule has 0 fully saturated rings. The molecule has 2 rings (SSSR count). The van der Waals surface area contributed by atoms with Crippen LogP contribution in [0, 0.1) is 13.8 Å². The van der Waals surface area contributed by atoms with Crippen molar-refractivity contribution in [2.24, 2.45) is 0 Å². The predicted octanol–water partition coefficient (Wildman–Crippen LogP) is 2.71. The van der Waals surface area contributed by atoms with Crippen LogP contribution in [0.25, 0.3) is 9.75 Å². The van der Waals surface area contributed by atoms with Gasteiger partial charge in [0.2, 0.25) is 0 Å². The summed E-state index contributed by atoms with van der Waals surface area (Å²) in [6.07, 6.45) is 0. The molecule has 4 heteroatoms. The Morgan fingerprint density at radius 3 is 1.50 bits per heavy atom. The van der Waals surface area contributed by atoms with Gasteiger partial charge in [0.1, 0.15) is 32.8 Å². The first-order chi connectivity index (χ1) is 7.65. The van der Waals surface area contributed by atoms with Crippen molar-refractivity contribution in [1.82, 2.24) is 0 Å². The molecule has 0 radical (unpaired) electrons. The Labute approximate surface area is 105 Å². The van der Waals surface area contributed by atoms with E-state index in [4.69, 9.17) is 0 Å². The van der Waals surface area contributed by atoms with Gasteiger partial charge in [0.15, 0.2) is 24.5 Å². The van der Waals surface area contributed by atoms with Crippen molar-refractivity contribution in [3.8, 4) is 9.75 Å². The van der Waals surface area contributed by atoms with Gasteiger partial charge in [-0.05, 0) is 13.8 Å². The summed E-state index contributed by atoms with van der Waals surface area (Å²) in [6, 6.07) is 4.58. The number of hydrogen-bond acceptors (Lipinski definition) is 2. The maximum absolute atomic E-state index is 2.33. The van der Waals surface area contributed by atoms with Crippen LogP contribution < -0.4 is 7.91 Å². The first-order valence-electron chi connectivity index (χ1n) is 5.67. The van der Waals surface area contributed by atoms with Gasteiger partial charge in [0.05, 0.1) is 0 Å². The number of nitrogens with zero attached hydrogens (tertiary/aromatic N) is 2. The van der Waals surface area contributed by atoms with Crippen LogP contribution in [-0.2, 0) is 13.1 Å². The largest absolute Gasteiger partial charge is 0.194 e. The molecule has 0 aliphatic rings. The third-order valence-electron chi connectivity index (χ3n) is 2.70. The molecule has 2 aromatic heterocycles. The molecule has 86 valence electrons. The van der Waals surface area contributed by atoms with Gasteiger partial charge < -0.3 is 0 Å². The van der Waals surface area contributed by atoms with E-state index in [0.717, 1.165) is 13.1 Å². The number of hydrogen-bond donors (Lipinski definition) is 0. The molecular formula is C12H18N2S2+2. The van der Waals surface area contributed by atoms with Gasteiger partial charge in [-0.1, -0.05) is 0 Å². The van der Waals surface area contributed by atoms with Crippen LogP contribution in [0.3, 0.4) is 0 Å². The summed E-state index contributed by atoms with van der Waals surface area (Å²) in [5.41, 5.74) is 2.72. The number of aryl methyl sites for hydroxylation is 4. The lowest BCUT2D eigenvalue weighted by Gasteiger charge is -1.82. The van der Waals surface area contributed by atoms with Gasteiger partial charge in [-0.15, -0.1) is 7.91 Å². The first kappa shape index (κ1) is 11.7. The lowest BCUT2D eigenvalue weighted by Crippen LogP contribution is -2.29. The molecule has 2 nitrogen and oxygen atoms in total. The summed E-state index contributed by atoms with van der Waals surface area (Å²) < 4.78 is 4.67. The third-order valence-corrected chi connectivity index (χ3v) is 5.43. The minimum atomic E-state index is 1.06. The zero-order valence-electron chi connectivity index (χ0n) is 10.3. The Hall–Kier alpha value is -0.740. The molecule has 2 aromatic rings. The summed E-state index contributed by atoms with van der Waals surface area (Å²) in [5, 5.41) is 0. The number of rotatable bonds is 3. The summed E-state index contributed by atoms with van der Waals surface area (Å²) in [5.74, 6) is 0. The van der Waals surface area contributed by atoms with Crippen molar-refractivity contribution in [2.45, 2.75) is 40.8 Å². The minimum Gasteiger partial charge on any atom is -0.138 e. The highest BCUT2D eigenvalue weighted by atomic mass is 32.1. The fraction of sp³-hybridized carbons (Fsp3) is 0.500. The highest BCUT2D eigenvalue weighted by Gasteiger charge is 2.20. The molecule has 16 heavy (non-hydrogen) atoms. The van der Waals surface area contributed by atoms with Crippen molar-refractivity contribution in [1.29, 1.82) is 0 Å². The van der Waals surface area contributed by atoms with Crippen molar-refractivity contribution >= 4 is 23.1 Å². The minimum absolute atomic E-state index is 1.06. The van der Waals surface area contributed by atoms with Gasteiger partial charge in [-0.3, -0.25) is 0 Å². The fourth-order valence-electron chi connectivity index (χ4n) is 1.82. The standard InChI is InChI=1S/C12H18N2S2/c1-5-13-9(3)7-11(15-13)12-8-10(4)14(6-2)16-12/h7-8H,5-6H2,1-4H3/q+2. The second kappa shape index (κ2) is 4.63. The van der Waals surface area contributed by atoms with Crippen LogP contribution in [-0.4, -0.2) is 0 Å². The van der Waals surface area contributed by atoms with E-state index in [1.807, 2.05) is 23.1 Å². The second-order valence-corrected chi connectivity index (χ2v) is 6.00. The van der Waals surface area contributed by atoms with Crippen molar-refractivity contribution < 1.29 is 7.91 Å². The maximum Gasteiger partial charge on any atom is 0.194 e. The summed E-state index contributed by atoms with van der Waals surface area (Å²) >= 11 is 3.72. The van der Waals surface area contributed by atoms with Gasteiger partial charge in [-0.25, -0.2) is 0 Å². The van der Waals surface area contributed by atoms with Crippen LogP contribution in [0.4, 0.5) is 0 Å². The van der Waals surface area contributed by atoms with Gasteiger partial charge in [0, 0.05) is 26.0 Å². The smallest absolute Gasteiger partial charge is 0.138 e. The lowest BCUT2D eigenvalue weighted by atomic mass is 10.3. The Morgan fingerprint density at radius 2 is 1.25 bits per heavy atom. The van der Waals surface area contributed by atoms with E-state index in [1.165, 1.54) is 21.1 Å². The second-order valence-electron chi connectivity index (χ2n) is 3.87. The summed E-state index contributed by atoms with van der Waals surface area (Å²) in [7, 11) is 0. The Morgan fingerprint density at radius 1 is 0.875 bits per heavy atom. The van der Waals surface area contributed by atoms with Crippen molar-refractivity contribution in [3.63, 3.8) is 0 Å². The summed E-state index contributed by atoms with van der Waals surface area (Å²) in [6.45, 7) is 10.9. The molecule has 0 aliphatic heterocycles.